The van der Waals surface area contributed by atoms with Crippen molar-refractivity contribution in [3.63, 3.8) is 0 Å². The largest absolute Gasteiger partial charge is 0.320 e. The van der Waals surface area contributed by atoms with Gasteiger partial charge in [-0.3, -0.25) is 0 Å². The van der Waals surface area contributed by atoms with E-state index in [0.717, 1.165) is 12.8 Å². The van der Waals surface area contributed by atoms with E-state index in [9.17, 15) is 9.59 Å². The number of fused-ring (bicyclic) bond motifs is 1. The van der Waals surface area contributed by atoms with Crippen LogP contribution in [0, 0.1) is 0 Å². The molecule has 0 saturated carbocycles. The van der Waals surface area contributed by atoms with Gasteiger partial charge in [0.25, 0.3) is 0 Å². The summed E-state index contributed by atoms with van der Waals surface area (Å²) in [5.41, 5.74) is 0. The lowest BCUT2D eigenvalue weighted by molar-refractivity contribution is 0.129. The van der Waals surface area contributed by atoms with E-state index in [1.807, 2.05) is 13.8 Å². The second kappa shape index (κ2) is 4.19. The molecule has 2 aliphatic heterocycles. The second-order valence-electron chi connectivity index (χ2n) is 4.18. The van der Waals surface area contributed by atoms with Crippen LogP contribution in [0.3, 0.4) is 0 Å². The van der Waals surface area contributed by atoms with Crippen molar-refractivity contribution in [2.75, 3.05) is 13.1 Å². The summed E-state index contributed by atoms with van der Waals surface area (Å²) in [5.74, 6) is 0. The Morgan fingerprint density at radius 2 is 1.44 bits per heavy atom. The fourth-order valence-electron chi connectivity index (χ4n) is 2.33. The summed E-state index contributed by atoms with van der Waals surface area (Å²) in [6.07, 6.45) is 1.38. The van der Waals surface area contributed by atoms with Crippen molar-refractivity contribution >= 4 is 12.1 Å². The van der Waals surface area contributed by atoms with Crippen molar-refractivity contribution in [2.45, 2.75) is 39.0 Å². The van der Waals surface area contributed by atoms with E-state index in [1.54, 1.807) is 9.80 Å². The van der Waals surface area contributed by atoms with Gasteiger partial charge < -0.3 is 20.4 Å². The minimum Gasteiger partial charge on any atom is -0.314 e. The minimum absolute atomic E-state index is 0.0852. The highest BCUT2D eigenvalue weighted by atomic mass is 16.2. The second-order valence-corrected chi connectivity index (χ2v) is 4.18. The molecule has 90 valence electrons. The summed E-state index contributed by atoms with van der Waals surface area (Å²) in [5, 5.41) is 5.57. The van der Waals surface area contributed by atoms with Gasteiger partial charge in [0.1, 0.15) is 12.3 Å². The summed E-state index contributed by atoms with van der Waals surface area (Å²) in [6.45, 7) is 5.41. The summed E-state index contributed by atoms with van der Waals surface area (Å²) >= 11 is 0. The Morgan fingerprint density at radius 3 is 1.81 bits per heavy atom. The number of urea groups is 2. The Balaban J connectivity index is 2.16. The fraction of sp³-hybridized carbons (Fsp3) is 0.800. The van der Waals surface area contributed by atoms with Gasteiger partial charge in [-0.2, -0.15) is 0 Å². The van der Waals surface area contributed by atoms with Gasteiger partial charge in [-0.25, -0.2) is 9.59 Å². The van der Waals surface area contributed by atoms with Gasteiger partial charge in [-0.1, -0.05) is 13.8 Å². The van der Waals surface area contributed by atoms with Crippen LogP contribution < -0.4 is 10.6 Å². The van der Waals surface area contributed by atoms with Crippen LogP contribution in [0.4, 0.5) is 9.59 Å². The van der Waals surface area contributed by atoms with Crippen LogP contribution in [0.2, 0.25) is 0 Å². The molecule has 2 aliphatic rings. The highest BCUT2D eigenvalue weighted by Gasteiger charge is 2.49. The van der Waals surface area contributed by atoms with Gasteiger partial charge in [-0.15, -0.1) is 0 Å². The van der Waals surface area contributed by atoms with E-state index >= 15 is 0 Å². The third kappa shape index (κ3) is 1.58. The van der Waals surface area contributed by atoms with Crippen LogP contribution in [-0.4, -0.2) is 47.3 Å². The number of amides is 4. The van der Waals surface area contributed by atoms with Crippen molar-refractivity contribution in [1.82, 2.24) is 20.4 Å². The van der Waals surface area contributed by atoms with Crippen LogP contribution in [-0.2, 0) is 0 Å². The Kier molecular flexibility index (Phi) is 2.89. The number of nitrogens with zero attached hydrogens (tertiary/aromatic N) is 2. The molecule has 16 heavy (non-hydrogen) atoms. The monoisotopic (exact) mass is 226 g/mol. The van der Waals surface area contributed by atoms with Gasteiger partial charge in [-0.05, 0) is 12.8 Å². The average molecular weight is 226 g/mol. The lowest BCUT2D eigenvalue weighted by atomic mass is 10.3. The maximum atomic E-state index is 11.7. The molecule has 0 aromatic rings. The van der Waals surface area contributed by atoms with Gasteiger partial charge in [0.15, 0.2) is 0 Å². The highest BCUT2D eigenvalue weighted by Crippen LogP contribution is 2.22. The molecule has 2 fully saturated rings. The quantitative estimate of drug-likeness (QED) is 0.733. The maximum absolute atomic E-state index is 11.7. The molecule has 6 heteroatoms. The van der Waals surface area contributed by atoms with E-state index < -0.39 is 0 Å². The van der Waals surface area contributed by atoms with E-state index in [-0.39, 0.29) is 24.4 Å². The molecule has 2 heterocycles. The minimum atomic E-state index is -0.252. The molecule has 0 atom stereocenters. The van der Waals surface area contributed by atoms with Gasteiger partial charge in [0.2, 0.25) is 0 Å². The summed E-state index contributed by atoms with van der Waals surface area (Å²) in [7, 11) is 0. The number of nitrogens with one attached hydrogen (secondary N) is 2. The first kappa shape index (κ1) is 11.0. The molecule has 0 aromatic carbocycles. The van der Waals surface area contributed by atoms with Crippen molar-refractivity contribution in [2.24, 2.45) is 0 Å². The molecule has 0 unspecified atom stereocenters. The smallest absolute Gasteiger partial charge is 0.314 e. The first-order valence-electron chi connectivity index (χ1n) is 5.83. The zero-order valence-electron chi connectivity index (χ0n) is 9.69. The zero-order chi connectivity index (χ0) is 11.7. The molecule has 0 radical (unpaired) electrons. The topological polar surface area (TPSA) is 64.7 Å². The van der Waals surface area contributed by atoms with Crippen molar-refractivity contribution < 1.29 is 9.59 Å². The van der Waals surface area contributed by atoms with E-state index in [2.05, 4.69) is 10.6 Å². The summed E-state index contributed by atoms with van der Waals surface area (Å²) in [6, 6.07) is -0.170. The molecule has 2 rings (SSSR count). The Morgan fingerprint density at radius 1 is 1.00 bits per heavy atom. The molecule has 0 spiro atoms. The van der Waals surface area contributed by atoms with Gasteiger partial charge in [0.05, 0.1) is 0 Å². The Bertz CT molecular complexity index is 279. The lowest BCUT2D eigenvalue weighted by Gasteiger charge is -2.28. The maximum Gasteiger partial charge on any atom is 0.320 e. The molecule has 0 aliphatic carbocycles. The van der Waals surface area contributed by atoms with Crippen LogP contribution in [0.1, 0.15) is 26.7 Å². The zero-order valence-corrected chi connectivity index (χ0v) is 9.69. The Hall–Kier alpha value is -1.46. The number of carbonyl (C=O) groups is 2. The number of hydrogen-bond donors (Lipinski definition) is 2. The Labute approximate surface area is 95.0 Å². The predicted octanol–water partition coefficient (Wildman–Crippen LogP) is 0.509. The molecule has 4 amide bonds. The first-order chi connectivity index (χ1) is 7.69. The van der Waals surface area contributed by atoms with E-state index in [1.165, 1.54) is 0 Å². The average Bonchev–Trinajstić information content (AvgIpc) is 2.68. The van der Waals surface area contributed by atoms with Crippen LogP contribution in [0.5, 0.6) is 0 Å². The SMILES string of the molecule is CCCN1C(=O)NC2NC(=O)N(CCC)C21. The van der Waals surface area contributed by atoms with Crippen molar-refractivity contribution in [1.29, 1.82) is 0 Å². The summed E-state index contributed by atoms with van der Waals surface area (Å²) < 4.78 is 0. The van der Waals surface area contributed by atoms with Crippen LogP contribution in [0.25, 0.3) is 0 Å². The van der Waals surface area contributed by atoms with Gasteiger partial charge in [0, 0.05) is 13.1 Å². The van der Waals surface area contributed by atoms with Crippen molar-refractivity contribution in [3.05, 3.63) is 0 Å². The molecular formula is C10H18N4O2. The van der Waals surface area contributed by atoms with Crippen LogP contribution in [0.15, 0.2) is 0 Å². The van der Waals surface area contributed by atoms with E-state index in [4.69, 9.17) is 0 Å². The van der Waals surface area contributed by atoms with Gasteiger partial charge >= 0.3 is 12.1 Å². The molecular weight excluding hydrogens is 208 g/mol. The molecule has 2 saturated heterocycles. The molecule has 0 bridgehead atoms. The number of rotatable bonds is 4. The molecule has 2 N–H and O–H groups in total. The number of carbonyl (C=O) groups excluding carboxylic acids is 2. The van der Waals surface area contributed by atoms with Crippen LogP contribution >= 0.6 is 0 Å². The molecule has 0 aromatic heterocycles. The fourth-order valence-corrected chi connectivity index (χ4v) is 2.33. The normalized spacial score (nSPS) is 28.1. The predicted molar refractivity (Wildman–Crippen MR) is 58.6 cm³/mol. The first-order valence-corrected chi connectivity index (χ1v) is 5.83. The van der Waals surface area contributed by atoms with Crippen molar-refractivity contribution in [3.8, 4) is 0 Å². The third-order valence-electron chi connectivity index (χ3n) is 2.95. The number of hydrogen-bond acceptors (Lipinski definition) is 2. The highest BCUT2D eigenvalue weighted by molar-refractivity contribution is 5.84. The third-order valence-corrected chi connectivity index (χ3v) is 2.95. The standard InChI is InChI=1S/C10H18N4O2/c1-3-5-13-8-7(11-9(13)15)12-10(16)14(8)6-4-2/h7-8H,3-6H2,1-2H3,(H,11,15)(H,12,16). The molecule has 6 nitrogen and oxygen atoms in total. The lowest BCUT2D eigenvalue weighted by Crippen LogP contribution is -2.46. The van der Waals surface area contributed by atoms with E-state index in [0.29, 0.717) is 13.1 Å². The summed E-state index contributed by atoms with van der Waals surface area (Å²) in [4.78, 5) is 26.8.